The van der Waals surface area contributed by atoms with Crippen molar-refractivity contribution in [3.8, 4) is 78.1 Å². The topological polar surface area (TPSA) is 206 Å². The molecule has 23 aromatic rings. The van der Waals surface area contributed by atoms with Gasteiger partial charge in [-0.1, -0.05) is 285 Å². The van der Waals surface area contributed by atoms with E-state index in [9.17, 15) is 0 Å². The van der Waals surface area contributed by atoms with Crippen LogP contribution in [-0.2, 0) is 0 Å². The Hall–Kier alpha value is -18.2. The molecule has 0 saturated carbocycles. The van der Waals surface area contributed by atoms with Gasteiger partial charge in [0.15, 0.2) is 0 Å². The van der Waals surface area contributed by atoms with Crippen molar-refractivity contribution < 1.29 is 0 Å². The molecule has 16 heterocycles. The molecule has 0 N–H and O–H groups in total. The molecule has 142 heavy (non-hydrogen) atoms. The summed E-state index contributed by atoms with van der Waals surface area (Å²) in [6.07, 6.45) is 33.3. The van der Waals surface area contributed by atoms with Crippen molar-refractivity contribution in [2.45, 2.75) is 0 Å². The maximum atomic E-state index is 5.20. The molecule has 0 bridgehead atoms. The summed E-state index contributed by atoms with van der Waals surface area (Å²) in [5, 5.41) is 16.6. The van der Waals surface area contributed by atoms with Gasteiger partial charge in [-0.3, -0.25) is 79.7 Å². The quantitative estimate of drug-likeness (QED) is 0.0546. The van der Waals surface area contributed by atoms with E-state index in [0.717, 1.165) is 142 Å². The molecular weight excluding hydrogens is 1800 g/mol. The zero-order valence-electron chi connectivity index (χ0n) is 77.3. The standard InChI is InChI=1S/2C33H25N3Si.C31H23N5Si.C25H19N5Si/c1-4-12-26(13-5-1)30-18-10-22-35-32(30)37(28-14-6-2-7-15-28,29-16-8-3-9-17-29)33-31(19-11-23-36-33)27-20-24-34-25-21-27;1-4-14-26(15-5-1)29-20-12-24-35-32(29)37(27-16-6-2-7-17-27,28-18-8-3-9-19-28)33-30(21-13-25-36-33)31-22-10-11-23-34-31;1-2-10-24(11-3-1)26-12-8-20-35-30(26)37(28-14-4-6-18-33-28,29-15-5-7-19-34-29)31-27(13-9-21-36-31)25-16-22-32-23-17-25;1-5-15-26-21(11-1)20-10-9-19-30-25(20)31(22-12-2-6-16-27-22,23-13-3-7-17-28-23)24-14-4-8-18-29-24/h2*1-25H;1-23H;1-19H. The van der Waals surface area contributed by atoms with Gasteiger partial charge >= 0.3 is 0 Å². The fourth-order valence-corrected chi connectivity index (χ4v) is 37.7. The lowest BCUT2D eigenvalue weighted by molar-refractivity contribution is 1.28. The van der Waals surface area contributed by atoms with Gasteiger partial charge in [0.25, 0.3) is 16.1 Å². The Morgan fingerprint density at radius 3 is 0.528 bits per heavy atom. The number of hydrogen-bond donors (Lipinski definition) is 0. The second kappa shape index (κ2) is 43.9. The lowest BCUT2D eigenvalue weighted by Gasteiger charge is -2.35. The third-order valence-corrected chi connectivity index (χ3v) is 43.2. The largest absolute Gasteiger partial charge is 0.265 e. The molecule has 0 saturated heterocycles. The minimum Gasteiger partial charge on any atom is -0.265 e. The second-order valence-corrected chi connectivity index (χ2v) is 47.5. The van der Waals surface area contributed by atoms with E-state index in [4.69, 9.17) is 64.8 Å². The first-order valence-corrected chi connectivity index (χ1v) is 54.8. The molecule has 0 fully saturated rings. The smallest absolute Gasteiger partial charge is 0.264 e. The maximum absolute atomic E-state index is 5.20. The second-order valence-electron chi connectivity index (χ2n) is 33.3. The van der Waals surface area contributed by atoms with Gasteiger partial charge in [-0.05, 0) is 212 Å². The highest BCUT2D eigenvalue weighted by atomic mass is 28.3. The van der Waals surface area contributed by atoms with Gasteiger partial charge < -0.3 is 0 Å². The molecule has 16 nitrogen and oxygen atoms in total. The number of aromatic nitrogens is 16. The minimum atomic E-state index is -3.22. The van der Waals surface area contributed by atoms with Crippen molar-refractivity contribution in [3.05, 3.63) is 560 Å². The van der Waals surface area contributed by atoms with E-state index in [2.05, 4.69) is 312 Å². The van der Waals surface area contributed by atoms with Crippen LogP contribution in [0, 0.1) is 0 Å². The van der Waals surface area contributed by atoms with E-state index in [1.165, 1.54) is 20.7 Å². The van der Waals surface area contributed by atoms with Gasteiger partial charge in [-0.15, -0.1) is 0 Å². The molecule has 0 unspecified atom stereocenters. The summed E-state index contributed by atoms with van der Waals surface area (Å²) in [5.74, 6) is 0. The Balaban J connectivity index is 0.000000116. The van der Waals surface area contributed by atoms with Gasteiger partial charge in [0, 0.05) is 193 Å². The predicted molar refractivity (Wildman–Crippen MR) is 583 cm³/mol. The normalized spacial score (nSPS) is 11.2. The molecule has 0 atom stereocenters. The van der Waals surface area contributed by atoms with Crippen LogP contribution in [0.15, 0.2) is 560 Å². The number of nitrogens with zero attached hydrogens (tertiary/aromatic N) is 16. The molecule has 0 aliphatic rings. The monoisotopic (exact) mass is 1890 g/mol. The van der Waals surface area contributed by atoms with Gasteiger partial charge in [0.05, 0.1) is 32.7 Å². The van der Waals surface area contributed by atoms with Crippen molar-refractivity contribution in [1.82, 2.24) is 79.7 Å². The molecule has 676 valence electrons. The predicted octanol–water partition coefficient (Wildman–Crippen LogP) is 14.2. The van der Waals surface area contributed by atoms with E-state index in [1.807, 2.05) is 257 Å². The van der Waals surface area contributed by atoms with Crippen molar-refractivity contribution in [3.63, 3.8) is 0 Å². The van der Waals surface area contributed by atoms with Crippen molar-refractivity contribution in [1.29, 1.82) is 0 Å². The summed E-state index contributed by atoms with van der Waals surface area (Å²) in [5.41, 5.74) is 14.7. The molecule has 0 aliphatic heterocycles. The van der Waals surface area contributed by atoms with Gasteiger partial charge in [0.1, 0.15) is 0 Å². The van der Waals surface area contributed by atoms with Crippen molar-refractivity contribution in [2.24, 2.45) is 0 Å². The number of pyridine rings is 16. The zero-order valence-corrected chi connectivity index (χ0v) is 81.3. The van der Waals surface area contributed by atoms with Crippen LogP contribution in [-0.4, -0.2) is 112 Å². The Bertz CT molecular complexity index is 6930. The first-order chi connectivity index (χ1) is 70.6. The fourth-order valence-electron chi connectivity index (χ4n) is 19.3. The van der Waals surface area contributed by atoms with E-state index < -0.39 is 32.3 Å². The summed E-state index contributed by atoms with van der Waals surface area (Å²) in [4.78, 5) is 78.3. The number of hydrogen-bond acceptors (Lipinski definition) is 16. The number of benzene rings is 7. The Morgan fingerprint density at radius 2 is 0.296 bits per heavy atom. The van der Waals surface area contributed by atoms with Crippen LogP contribution in [0.3, 0.4) is 0 Å². The molecular formula is C122H92N16Si4. The molecule has 0 amide bonds. The van der Waals surface area contributed by atoms with Crippen LogP contribution in [0.2, 0.25) is 0 Å². The van der Waals surface area contributed by atoms with E-state index in [0.29, 0.717) is 0 Å². The maximum Gasteiger partial charge on any atom is 0.264 e. The zero-order chi connectivity index (χ0) is 95.7. The van der Waals surface area contributed by atoms with Crippen LogP contribution in [0.4, 0.5) is 0 Å². The van der Waals surface area contributed by atoms with Crippen molar-refractivity contribution in [2.75, 3.05) is 0 Å². The van der Waals surface area contributed by atoms with Crippen molar-refractivity contribution >= 4 is 117 Å². The third kappa shape index (κ3) is 18.4. The first-order valence-electron chi connectivity index (χ1n) is 46.8. The average Bonchev–Trinajstić information content (AvgIpc) is 0.727. The highest BCUT2D eigenvalue weighted by Gasteiger charge is 2.53. The van der Waals surface area contributed by atoms with Crippen LogP contribution in [0.5, 0.6) is 0 Å². The van der Waals surface area contributed by atoms with Gasteiger partial charge in [0.2, 0.25) is 16.1 Å². The molecule has 0 radical (unpaired) electrons. The lowest BCUT2D eigenvalue weighted by atomic mass is 10.1. The SMILES string of the molecule is c1ccc(-c2cccnc2[Si](c2ccccc2)(c2ccccc2)c2ncccc2-c2ccccn2)cc1.c1ccc(-c2cccnc2[Si](c2ccccc2)(c2ccccc2)c2ncccc2-c2ccncc2)cc1.c1ccc(-c2cccnc2[Si](c2ccccn2)(c2ccccn2)c2ccccn2)nc1.c1ccc(-c2cccnc2[Si](c2ccccn2)(c2ccccn2)c2ncccc2-c2ccncc2)cc1. The Morgan fingerprint density at radius 1 is 0.113 bits per heavy atom. The van der Waals surface area contributed by atoms with E-state index >= 15 is 0 Å². The summed E-state index contributed by atoms with van der Waals surface area (Å²) < 4.78 is 0. The fraction of sp³-hybridized carbons (Fsp3) is 0. The summed E-state index contributed by atoms with van der Waals surface area (Å²) >= 11 is 0. The number of rotatable bonds is 23. The van der Waals surface area contributed by atoms with Gasteiger partial charge in [-0.2, -0.15) is 0 Å². The minimum absolute atomic E-state index is 0.866. The molecule has 7 aromatic carbocycles. The molecule has 16 aromatic heterocycles. The third-order valence-electron chi connectivity index (χ3n) is 25.3. The molecule has 20 heteroatoms. The van der Waals surface area contributed by atoms with Crippen LogP contribution in [0.25, 0.3) is 78.1 Å². The van der Waals surface area contributed by atoms with E-state index in [-0.39, 0.29) is 0 Å². The molecule has 0 aliphatic carbocycles. The average molecular weight is 1890 g/mol. The van der Waals surface area contributed by atoms with E-state index in [1.54, 1.807) is 6.20 Å². The van der Waals surface area contributed by atoms with Gasteiger partial charge in [-0.25, -0.2) is 0 Å². The van der Waals surface area contributed by atoms with Crippen LogP contribution >= 0.6 is 0 Å². The summed E-state index contributed by atoms with van der Waals surface area (Å²) in [6.45, 7) is 0. The lowest BCUT2D eigenvalue weighted by Crippen LogP contribution is -2.78. The Labute approximate surface area is 829 Å². The highest BCUT2D eigenvalue weighted by Crippen LogP contribution is 2.30. The molecule has 23 rings (SSSR count). The summed E-state index contributed by atoms with van der Waals surface area (Å²) in [6, 6.07) is 154. The molecule has 0 spiro atoms. The highest BCUT2D eigenvalue weighted by molar-refractivity contribution is 7.22. The summed E-state index contributed by atoms with van der Waals surface area (Å²) in [7, 11) is -12.2. The Kier molecular flexibility index (Phi) is 28.3. The van der Waals surface area contributed by atoms with Crippen LogP contribution in [0.1, 0.15) is 0 Å². The first kappa shape index (κ1) is 91.6. The van der Waals surface area contributed by atoms with Crippen LogP contribution < -0.4 is 84.6 Å².